The Balaban J connectivity index is 1.46. The minimum Gasteiger partial charge on any atom is -0.381 e. The average molecular weight is 338 g/mol. The van der Waals surface area contributed by atoms with Crippen LogP contribution in [0.1, 0.15) is 25.7 Å². The molecule has 1 aromatic rings. The van der Waals surface area contributed by atoms with Crippen LogP contribution in [0.25, 0.3) is 0 Å². The lowest BCUT2D eigenvalue weighted by Crippen LogP contribution is -2.45. The van der Waals surface area contributed by atoms with Crippen LogP contribution in [0, 0.1) is 5.92 Å². The molecule has 23 heavy (non-hydrogen) atoms. The Hall–Kier alpha value is -0.950. The highest BCUT2D eigenvalue weighted by Crippen LogP contribution is 2.23. The van der Waals surface area contributed by atoms with Crippen molar-refractivity contribution in [1.82, 2.24) is 9.62 Å². The Morgan fingerprint density at radius 2 is 1.70 bits per heavy atom. The molecule has 0 radical (unpaired) electrons. The van der Waals surface area contributed by atoms with Crippen molar-refractivity contribution in [2.75, 3.05) is 32.8 Å². The van der Waals surface area contributed by atoms with Crippen LogP contribution in [0.4, 0.5) is 0 Å². The average Bonchev–Trinajstić information content (AvgIpc) is 2.62. The summed E-state index contributed by atoms with van der Waals surface area (Å²) in [5.74, 6) is 0.435. The van der Waals surface area contributed by atoms with Gasteiger partial charge in [-0.2, -0.15) is 0 Å². The number of hydrogen-bond acceptors (Lipinski definition) is 4. The number of likely N-dealkylation sites (tertiary alicyclic amines) is 1. The van der Waals surface area contributed by atoms with Gasteiger partial charge in [-0.1, -0.05) is 18.2 Å². The van der Waals surface area contributed by atoms with Crippen molar-refractivity contribution in [3.63, 3.8) is 0 Å². The standard InChI is InChI=1S/C17H26N2O3S/c20-23(21,17-4-2-1-3-5-17)18-14-15-6-10-19(11-7-15)16-8-12-22-13-9-16/h1-5,15-16,18H,6-14H2. The molecule has 0 aliphatic carbocycles. The van der Waals surface area contributed by atoms with Crippen LogP contribution in [0.3, 0.4) is 0 Å². The van der Waals surface area contributed by atoms with Crippen molar-refractivity contribution in [2.45, 2.75) is 36.6 Å². The van der Waals surface area contributed by atoms with E-state index in [2.05, 4.69) is 9.62 Å². The van der Waals surface area contributed by atoms with Gasteiger partial charge < -0.3 is 9.64 Å². The number of rotatable bonds is 5. The van der Waals surface area contributed by atoms with E-state index in [1.807, 2.05) is 6.07 Å². The van der Waals surface area contributed by atoms with Crippen molar-refractivity contribution in [1.29, 1.82) is 0 Å². The molecule has 1 aromatic carbocycles. The van der Waals surface area contributed by atoms with E-state index in [1.165, 1.54) is 0 Å². The maximum Gasteiger partial charge on any atom is 0.240 e. The summed E-state index contributed by atoms with van der Waals surface area (Å²) in [7, 11) is -3.37. The molecule has 128 valence electrons. The summed E-state index contributed by atoms with van der Waals surface area (Å²) in [5, 5.41) is 0. The SMILES string of the molecule is O=S(=O)(NCC1CCN(C2CCOCC2)CC1)c1ccccc1. The molecule has 0 amide bonds. The van der Waals surface area contributed by atoms with Crippen molar-refractivity contribution < 1.29 is 13.2 Å². The molecule has 0 aromatic heterocycles. The summed E-state index contributed by atoms with van der Waals surface area (Å²) in [4.78, 5) is 2.91. The van der Waals surface area contributed by atoms with Crippen LogP contribution in [-0.2, 0) is 14.8 Å². The van der Waals surface area contributed by atoms with Crippen molar-refractivity contribution in [3.8, 4) is 0 Å². The second-order valence-corrected chi connectivity index (χ2v) is 8.25. The molecule has 2 saturated heterocycles. The maximum absolute atomic E-state index is 12.3. The number of nitrogens with one attached hydrogen (secondary N) is 1. The summed E-state index contributed by atoms with van der Waals surface area (Å²) in [6.45, 7) is 4.44. The van der Waals surface area contributed by atoms with Gasteiger partial charge in [0.25, 0.3) is 0 Å². The molecule has 0 spiro atoms. The quantitative estimate of drug-likeness (QED) is 0.890. The third-order valence-corrected chi connectivity index (χ3v) is 6.41. The van der Waals surface area contributed by atoms with Gasteiger partial charge in [0.05, 0.1) is 4.90 Å². The normalized spacial score (nSPS) is 22.3. The Bertz CT molecular complexity index is 577. The predicted octanol–water partition coefficient (Wildman–Crippen LogP) is 1.86. The van der Waals surface area contributed by atoms with Crippen molar-refractivity contribution >= 4 is 10.0 Å². The molecule has 0 unspecified atom stereocenters. The first-order chi connectivity index (χ1) is 11.1. The van der Waals surface area contributed by atoms with Crippen molar-refractivity contribution in [2.24, 2.45) is 5.92 Å². The molecule has 1 N–H and O–H groups in total. The molecule has 0 bridgehead atoms. The zero-order valence-corrected chi connectivity index (χ0v) is 14.3. The van der Waals surface area contributed by atoms with Gasteiger partial charge >= 0.3 is 0 Å². The van der Waals surface area contributed by atoms with Crippen LogP contribution >= 0.6 is 0 Å². The molecule has 6 heteroatoms. The minimum atomic E-state index is -3.37. The Morgan fingerprint density at radius 1 is 1.04 bits per heavy atom. The van der Waals surface area contributed by atoms with Crippen molar-refractivity contribution in [3.05, 3.63) is 30.3 Å². The van der Waals surface area contributed by atoms with E-state index >= 15 is 0 Å². The van der Waals surface area contributed by atoms with Gasteiger partial charge in [-0.15, -0.1) is 0 Å². The van der Waals surface area contributed by atoms with Crippen LogP contribution in [0.15, 0.2) is 35.2 Å². The maximum atomic E-state index is 12.3. The second kappa shape index (κ2) is 7.75. The highest BCUT2D eigenvalue weighted by molar-refractivity contribution is 7.89. The molecular formula is C17H26N2O3S. The molecule has 2 fully saturated rings. The zero-order valence-electron chi connectivity index (χ0n) is 13.5. The minimum absolute atomic E-state index is 0.347. The molecule has 0 atom stereocenters. The summed E-state index contributed by atoms with van der Waals surface area (Å²) in [6, 6.07) is 9.25. The lowest BCUT2D eigenvalue weighted by molar-refractivity contribution is 0.0214. The molecule has 3 rings (SSSR count). The van der Waals surface area contributed by atoms with Gasteiger partial charge in [0.1, 0.15) is 0 Å². The molecule has 2 heterocycles. The monoisotopic (exact) mass is 338 g/mol. The lowest BCUT2D eigenvalue weighted by atomic mass is 9.94. The van der Waals surface area contributed by atoms with Crippen LogP contribution < -0.4 is 4.72 Å². The van der Waals surface area contributed by atoms with Gasteiger partial charge in [-0.05, 0) is 56.8 Å². The van der Waals surface area contributed by atoms with Crippen LogP contribution in [0.5, 0.6) is 0 Å². The van der Waals surface area contributed by atoms with E-state index < -0.39 is 10.0 Å². The highest BCUT2D eigenvalue weighted by Gasteiger charge is 2.27. The van der Waals surface area contributed by atoms with Gasteiger partial charge in [-0.3, -0.25) is 0 Å². The molecule has 2 aliphatic rings. The van der Waals surface area contributed by atoms with E-state index in [-0.39, 0.29) is 0 Å². The first kappa shape index (κ1) is 16.9. The lowest BCUT2D eigenvalue weighted by Gasteiger charge is -2.39. The molecular weight excluding hydrogens is 312 g/mol. The smallest absolute Gasteiger partial charge is 0.240 e. The topological polar surface area (TPSA) is 58.6 Å². The Labute approximate surface area is 139 Å². The van der Waals surface area contributed by atoms with E-state index in [4.69, 9.17) is 4.74 Å². The number of nitrogens with zero attached hydrogens (tertiary/aromatic N) is 1. The first-order valence-electron chi connectivity index (χ1n) is 8.52. The fourth-order valence-corrected chi connectivity index (χ4v) is 4.62. The summed E-state index contributed by atoms with van der Waals surface area (Å²) >= 11 is 0. The number of ether oxygens (including phenoxy) is 1. The molecule has 5 nitrogen and oxygen atoms in total. The third kappa shape index (κ3) is 4.53. The fourth-order valence-electron chi connectivity index (χ4n) is 3.48. The number of benzene rings is 1. The summed E-state index contributed by atoms with van der Waals surface area (Å²) in [6.07, 6.45) is 4.39. The van der Waals surface area contributed by atoms with E-state index in [0.29, 0.717) is 23.4 Å². The van der Waals surface area contributed by atoms with E-state index in [1.54, 1.807) is 24.3 Å². The fraction of sp³-hybridized carbons (Fsp3) is 0.647. The Morgan fingerprint density at radius 3 is 2.35 bits per heavy atom. The van der Waals surface area contributed by atoms with Crippen LogP contribution in [0.2, 0.25) is 0 Å². The first-order valence-corrected chi connectivity index (χ1v) is 10.00. The summed E-state index contributed by atoms with van der Waals surface area (Å²) < 4.78 is 32.7. The van der Waals surface area contributed by atoms with Gasteiger partial charge in [-0.25, -0.2) is 13.1 Å². The highest BCUT2D eigenvalue weighted by atomic mass is 32.2. The zero-order chi connectivity index (χ0) is 16.1. The molecule has 2 aliphatic heterocycles. The second-order valence-electron chi connectivity index (χ2n) is 6.49. The number of piperidine rings is 1. The Kier molecular flexibility index (Phi) is 5.69. The van der Waals surface area contributed by atoms with E-state index in [0.717, 1.165) is 52.0 Å². The third-order valence-electron chi connectivity index (χ3n) is 4.97. The number of hydrogen-bond donors (Lipinski definition) is 1. The van der Waals surface area contributed by atoms with Gasteiger partial charge in [0.2, 0.25) is 10.0 Å². The summed E-state index contributed by atoms with van der Waals surface area (Å²) in [5.41, 5.74) is 0. The largest absolute Gasteiger partial charge is 0.381 e. The van der Waals surface area contributed by atoms with Gasteiger partial charge in [0.15, 0.2) is 0 Å². The van der Waals surface area contributed by atoms with E-state index in [9.17, 15) is 8.42 Å². The predicted molar refractivity (Wildman–Crippen MR) is 89.8 cm³/mol. The van der Waals surface area contributed by atoms with Crippen LogP contribution in [-0.4, -0.2) is 52.2 Å². The molecule has 0 saturated carbocycles. The number of sulfonamides is 1. The van der Waals surface area contributed by atoms with Gasteiger partial charge in [0, 0.05) is 25.8 Å².